The van der Waals surface area contributed by atoms with Gasteiger partial charge in [-0.2, -0.15) is 26.3 Å². The number of rotatable bonds is 7. The average Bonchev–Trinajstić information content (AvgIpc) is 3.53. The Hall–Kier alpha value is -3.24. The summed E-state index contributed by atoms with van der Waals surface area (Å²) < 4.78 is 111. The van der Waals surface area contributed by atoms with Gasteiger partial charge in [-0.15, -0.1) is 0 Å². The van der Waals surface area contributed by atoms with Crippen molar-refractivity contribution < 1.29 is 39.9 Å². The second-order valence-electron chi connectivity index (χ2n) is 11.8. The number of piperidine rings is 1. The van der Waals surface area contributed by atoms with E-state index in [9.17, 15) is 39.9 Å². The normalized spacial score (nSPS) is 22.4. The van der Waals surface area contributed by atoms with Gasteiger partial charge in [-0.1, -0.05) is 12.1 Å². The molecule has 240 valence electrons. The molecule has 1 saturated heterocycles. The smallest absolute Gasteiger partial charge is 0.390 e. The Morgan fingerprint density at radius 1 is 1.07 bits per heavy atom. The Morgan fingerprint density at radius 3 is 2.36 bits per heavy atom. The van der Waals surface area contributed by atoms with E-state index in [1.54, 1.807) is 6.92 Å². The lowest BCUT2D eigenvalue weighted by Crippen LogP contribution is -2.42. The van der Waals surface area contributed by atoms with Gasteiger partial charge in [-0.3, -0.25) is 0 Å². The van der Waals surface area contributed by atoms with E-state index < -0.39 is 44.8 Å². The maximum absolute atomic E-state index is 14.4. The molecular weight excluding hydrogens is 614 g/mol. The van der Waals surface area contributed by atoms with Crippen molar-refractivity contribution in [2.45, 2.75) is 69.4 Å². The maximum atomic E-state index is 14.4. The Kier molecular flexibility index (Phi) is 8.48. The molecule has 0 radical (unpaired) electrons. The van der Waals surface area contributed by atoms with Crippen LogP contribution < -0.4 is 5.32 Å². The van der Waals surface area contributed by atoms with Gasteiger partial charge in [0.1, 0.15) is 17.0 Å². The van der Waals surface area contributed by atoms with E-state index in [1.165, 1.54) is 22.5 Å². The summed E-state index contributed by atoms with van der Waals surface area (Å²) in [6.45, 7) is 2.09. The molecule has 0 bridgehead atoms. The van der Waals surface area contributed by atoms with E-state index in [2.05, 4.69) is 20.3 Å². The van der Waals surface area contributed by atoms with Crippen molar-refractivity contribution in [1.29, 1.82) is 0 Å². The fourth-order valence-corrected chi connectivity index (χ4v) is 6.94. The number of aliphatic hydroxyl groups is 1. The van der Waals surface area contributed by atoms with Crippen LogP contribution in [0.15, 0.2) is 36.9 Å². The van der Waals surface area contributed by atoms with Crippen molar-refractivity contribution in [2.75, 3.05) is 24.7 Å². The Labute approximate surface area is 250 Å². The molecule has 2 atom stereocenters. The molecule has 1 aliphatic carbocycles. The summed E-state index contributed by atoms with van der Waals surface area (Å²) in [5, 5.41) is 13.2. The Bertz CT molecular complexity index is 1610. The third kappa shape index (κ3) is 7.18. The molecule has 0 spiro atoms. The van der Waals surface area contributed by atoms with Gasteiger partial charge in [0.15, 0.2) is 0 Å². The predicted molar refractivity (Wildman–Crippen MR) is 149 cm³/mol. The number of benzene rings is 1. The molecule has 2 aliphatic rings. The Morgan fingerprint density at radius 2 is 1.77 bits per heavy atom. The minimum atomic E-state index is -4.88. The molecule has 1 aromatic carbocycles. The minimum absolute atomic E-state index is 0.0272. The summed E-state index contributed by atoms with van der Waals surface area (Å²) in [4.78, 5) is 11.9. The van der Waals surface area contributed by atoms with E-state index in [-0.39, 0.29) is 54.4 Å². The third-order valence-corrected chi connectivity index (χ3v) is 9.50. The molecule has 9 nitrogen and oxygen atoms in total. The van der Waals surface area contributed by atoms with Gasteiger partial charge in [0.05, 0.1) is 29.4 Å². The lowest BCUT2D eigenvalue weighted by atomic mass is 9.92. The summed E-state index contributed by atoms with van der Waals surface area (Å²) in [7, 11) is -3.38. The highest BCUT2D eigenvalue weighted by Gasteiger charge is 2.40. The van der Waals surface area contributed by atoms with Gasteiger partial charge in [-0.25, -0.2) is 27.7 Å². The summed E-state index contributed by atoms with van der Waals surface area (Å²) in [5.74, 6) is -0.301. The van der Waals surface area contributed by atoms with Gasteiger partial charge in [0.25, 0.3) is 0 Å². The molecule has 3 aromatic rings. The summed E-state index contributed by atoms with van der Waals surface area (Å²) in [6.07, 6.45) is -3.62. The number of anilines is 1. The van der Waals surface area contributed by atoms with Crippen LogP contribution in [-0.2, 0) is 28.8 Å². The Balaban J connectivity index is 1.46. The first-order valence-electron chi connectivity index (χ1n) is 14.0. The van der Waals surface area contributed by atoms with E-state index in [1.807, 2.05) is 0 Å². The molecular formula is C28H32F6N6O3S. The summed E-state index contributed by atoms with van der Waals surface area (Å²) in [6, 6.07) is 3.75. The van der Waals surface area contributed by atoms with Gasteiger partial charge in [0.2, 0.25) is 16.0 Å². The van der Waals surface area contributed by atoms with Crippen LogP contribution >= 0.6 is 0 Å². The number of imidazole rings is 1. The zero-order valence-electron chi connectivity index (χ0n) is 24.0. The fourth-order valence-electron chi connectivity index (χ4n) is 6.07. The highest BCUT2D eigenvalue weighted by atomic mass is 32.2. The van der Waals surface area contributed by atoms with Gasteiger partial charge in [0, 0.05) is 31.5 Å². The number of alkyl halides is 6. The first kappa shape index (κ1) is 32.2. The van der Waals surface area contributed by atoms with Crippen molar-refractivity contribution in [3.63, 3.8) is 0 Å². The minimum Gasteiger partial charge on any atom is -0.390 e. The van der Waals surface area contributed by atoms with E-state index >= 15 is 0 Å². The highest BCUT2D eigenvalue weighted by molar-refractivity contribution is 7.88. The quantitative estimate of drug-likeness (QED) is 0.335. The van der Waals surface area contributed by atoms with Crippen LogP contribution in [-0.4, -0.2) is 68.3 Å². The van der Waals surface area contributed by atoms with Crippen LogP contribution in [0.4, 0.5) is 32.3 Å². The number of aromatic nitrogens is 4. The molecule has 1 unspecified atom stereocenters. The number of nitrogens with one attached hydrogen (secondary N) is 1. The topological polar surface area (TPSA) is 113 Å². The van der Waals surface area contributed by atoms with Crippen LogP contribution in [0.3, 0.4) is 0 Å². The van der Waals surface area contributed by atoms with Gasteiger partial charge >= 0.3 is 12.4 Å². The van der Waals surface area contributed by atoms with Crippen molar-refractivity contribution in [3.05, 3.63) is 53.6 Å². The van der Waals surface area contributed by atoms with E-state index in [4.69, 9.17) is 0 Å². The second-order valence-corrected chi connectivity index (χ2v) is 13.8. The van der Waals surface area contributed by atoms with Crippen LogP contribution in [0.2, 0.25) is 0 Å². The molecule has 2 fully saturated rings. The lowest BCUT2D eigenvalue weighted by molar-refractivity contribution is -0.138. The van der Waals surface area contributed by atoms with Crippen molar-refractivity contribution in [3.8, 4) is 17.1 Å². The third-order valence-electron chi connectivity index (χ3n) is 8.19. The van der Waals surface area contributed by atoms with Gasteiger partial charge < -0.3 is 15.0 Å². The van der Waals surface area contributed by atoms with Crippen molar-refractivity contribution in [1.82, 2.24) is 23.8 Å². The van der Waals surface area contributed by atoms with Crippen molar-refractivity contribution in [2.24, 2.45) is 5.92 Å². The molecule has 3 heterocycles. The predicted octanol–water partition coefficient (Wildman–Crippen LogP) is 5.30. The lowest BCUT2D eigenvalue weighted by Gasteiger charge is -2.30. The molecule has 5 rings (SSSR count). The molecule has 0 amide bonds. The molecule has 44 heavy (non-hydrogen) atoms. The molecule has 16 heteroatoms. The number of hydrogen-bond acceptors (Lipinski definition) is 7. The highest BCUT2D eigenvalue weighted by Crippen LogP contribution is 2.42. The van der Waals surface area contributed by atoms with Crippen LogP contribution in [0.5, 0.6) is 0 Å². The van der Waals surface area contributed by atoms with Crippen LogP contribution in [0.25, 0.3) is 17.1 Å². The SMILES string of the molecule is C[C@@]1(O)CCC(Cc2cccc(-n3cnc(-c4nc(NC5CCN(S(C)(=O)=O)CC5)ncc4C(F)(F)F)c3)c2C(F)(F)F)C1. The summed E-state index contributed by atoms with van der Waals surface area (Å²) in [5.41, 5.74) is -4.25. The standard InChI is InChI=1S/C28H32F6N6O3S/c1-26(41)9-6-17(13-26)12-18-4-3-5-22(23(18)28(32,33)34)39-15-21(36-16-39)24-20(27(29,30)31)14-35-25(38-24)37-19-7-10-40(11-8-19)44(2,42)43/h3-5,14-17,19,41H,6-13H2,1-2H3,(H,35,37,38)/t17?,26-/m1/s1. The molecule has 2 aromatic heterocycles. The van der Waals surface area contributed by atoms with Crippen LogP contribution in [0.1, 0.15) is 55.7 Å². The zero-order valence-corrected chi connectivity index (χ0v) is 24.8. The second kappa shape index (κ2) is 11.6. The first-order chi connectivity index (χ1) is 20.4. The van der Waals surface area contributed by atoms with Gasteiger partial charge in [-0.05, 0) is 63.0 Å². The molecule has 1 saturated carbocycles. The first-order valence-corrected chi connectivity index (χ1v) is 15.9. The summed E-state index contributed by atoms with van der Waals surface area (Å²) >= 11 is 0. The maximum Gasteiger partial charge on any atom is 0.420 e. The largest absolute Gasteiger partial charge is 0.420 e. The average molecular weight is 647 g/mol. The van der Waals surface area contributed by atoms with Crippen molar-refractivity contribution >= 4 is 16.0 Å². The van der Waals surface area contributed by atoms with Crippen LogP contribution in [0, 0.1) is 5.92 Å². The molecule has 2 N–H and O–H groups in total. The monoisotopic (exact) mass is 646 g/mol. The number of sulfonamides is 1. The molecule has 1 aliphatic heterocycles. The van der Waals surface area contributed by atoms with E-state index in [0.29, 0.717) is 38.3 Å². The van der Waals surface area contributed by atoms with E-state index in [0.717, 1.165) is 23.3 Å². The fraction of sp³-hybridized carbons (Fsp3) is 0.536. The number of nitrogens with zero attached hydrogens (tertiary/aromatic N) is 5. The zero-order chi connectivity index (χ0) is 32.1. The number of halogens is 6. The number of hydrogen-bond donors (Lipinski definition) is 2.